The van der Waals surface area contributed by atoms with Gasteiger partial charge < -0.3 is 10.5 Å². The zero-order valence-corrected chi connectivity index (χ0v) is 13.6. The lowest BCUT2D eigenvalue weighted by atomic mass is 10.2. The number of hydrogen-bond acceptors (Lipinski definition) is 6. The molecule has 0 fully saturated rings. The summed E-state index contributed by atoms with van der Waals surface area (Å²) >= 11 is 1.28. The predicted molar refractivity (Wildman–Crippen MR) is 81.0 cm³/mol. The fourth-order valence-electron chi connectivity index (χ4n) is 1.70. The fourth-order valence-corrected chi connectivity index (χ4v) is 2.10. The Balaban J connectivity index is 2.33. The molecule has 2 N–H and O–H groups in total. The summed E-state index contributed by atoms with van der Waals surface area (Å²) in [4.78, 5) is 12.0. The second-order valence-corrected chi connectivity index (χ2v) is 5.52. The fraction of sp³-hybridized carbons (Fsp3) is 0.357. The molecule has 10 heteroatoms. The van der Waals surface area contributed by atoms with Gasteiger partial charge in [-0.2, -0.15) is 13.2 Å². The van der Waals surface area contributed by atoms with Gasteiger partial charge in [0.2, 0.25) is 0 Å². The maximum atomic E-state index is 14.0. The van der Waals surface area contributed by atoms with Crippen LogP contribution in [-0.2, 0) is 6.54 Å². The van der Waals surface area contributed by atoms with Crippen LogP contribution in [0.2, 0.25) is 0 Å². The molecule has 0 bridgehead atoms. The summed E-state index contributed by atoms with van der Waals surface area (Å²) in [5.74, 6) is -1.73. The van der Waals surface area contributed by atoms with E-state index in [4.69, 9.17) is 5.73 Å². The molecular weight excluding hydrogens is 348 g/mol. The van der Waals surface area contributed by atoms with Gasteiger partial charge >= 0.3 is 6.18 Å². The third-order valence-electron chi connectivity index (χ3n) is 3.00. The molecule has 0 aromatic carbocycles. The molecule has 1 atom stereocenters. The maximum Gasteiger partial charge on any atom is 0.425 e. The van der Waals surface area contributed by atoms with Crippen molar-refractivity contribution in [3.63, 3.8) is 0 Å². The summed E-state index contributed by atoms with van der Waals surface area (Å²) in [7, 11) is 0. The lowest BCUT2D eigenvalue weighted by Crippen LogP contribution is -2.31. The van der Waals surface area contributed by atoms with Crippen LogP contribution in [0.5, 0.6) is 5.88 Å². The molecule has 130 valence electrons. The second-order valence-electron chi connectivity index (χ2n) is 4.75. The van der Waals surface area contributed by atoms with E-state index >= 15 is 0 Å². The van der Waals surface area contributed by atoms with E-state index in [2.05, 4.69) is 19.7 Å². The Morgan fingerprint density at radius 2 is 2.00 bits per heavy atom. The first-order valence-electron chi connectivity index (χ1n) is 6.76. The van der Waals surface area contributed by atoms with E-state index in [9.17, 15) is 17.6 Å². The molecule has 0 unspecified atom stereocenters. The Morgan fingerprint density at radius 3 is 2.54 bits per heavy atom. The predicted octanol–water partition coefficient (Wildman–Crippen LogP) is 3.19. The van der Waals surface area contributed by atoms with E-state index < -0.39 is 24.0 Å². The quantitative estimate of drug-likeness (QED) is 0.500. The monoisotopic (exact) mass is 362 g/mol. The number of halogens is 4. The molecule has 2 aromatic rings. The lowest BCUT2D eigenvalue weighted by Gasteiger charge is -2.17. The Morgan fingerprint density at radius 1 is 1.29 bits per heavy atom. The zero-order chi connectivity index (χ0) is 17.9. The van der Waals surface area contributed by atoms with E-state index in [0.29, 0.717) is 16.5 Å². The van der Waals surface area contributed by atoms with Crippen LogP contribution < -0.4 is 10.5 Å². The van der Waals surface area contributed by atoms with Crippen molar-refractivity contribution in [2.24, 2.45) is 5.73 Å². The first-order chi connectivity index (χ1) is 11.2. The summed E-state index contributed by atoms with van der Waals surface area (Å²) in [5.41, 5.74) is 6.76. The maximum absolute atomic E-state index is 14.0. The Kier molecular flexibility index (Phi) is 5.60. The Labute approximate surface area is 139 Å². The van der Waals surface area contributed by atoms with Crippen LogP contribution in [0.4, 0.5) is 17.6 Å². The van der Waals surface area contributed by atoms with Crippen molar-refractivity contribution in [2.75, 3.05) is 6.26 Å². The largest absolute Gasteiger partial charge is 0.463 e. The van der Waals surface area contributed by atoms with Crippen molar-refractivity contribution in [1.82, 2.24) is 15.0 Å². The minimum Gasteiger partial charge on any atom is -0.463 e. The van der Waals surface area contributed by atoms with E-state index in [0.717, 1.165) is 13.0 Å². The van der Waals surface area contributed by atoms with Gasteiger partial charge in [-0.15, -0.1) is 0 Å². The van der Waals surface area contributed by atoms with Crippen molar-refractivity contribution in [3.05, 3.63) is 29.8 Å². The summed E-state index contributed by atoms with van der Waals surface area (Å²) in [6, 6.07) is 2.58. The van der Waals surface area contributed by atoms with Gasteiger partial charge in [-0.05, 0) is 25.3 Å². The van der Waals surface area contributed by atoms with Crippen LogP contribution in [0.1, 0.15) is 12.6 Å². The Bertz CT molecular complexity index is 704. The number of pyridine rings is 1. The van der Waals surface area contributed by atoms with Crippen molar-refractivity contribution in [1.29, 1.82) is 0 Å². The van der Waals surface area contributed by atoms with Crippen molar-refractivity contribution in [2.45, 2.75) is 30.9 Å². The van der Waals surface area contributed by atoms with E-state index in [1.165, 1.54) is 18.0 Å². The lowest BCUT2D eigenvalue weighted by molar-refractivity contribution is -0.190. The number of nitrogens with zero attached hydrogens (tertiary/aromatic N) is 3. The Hall–Kier alpha value is -1.94. The van der Waals surface area contributed by atoms with Gasteiger partial charge in [0.05, 0.1) is 11.4 Å². The van der Waals surface area contributed by atoms with E-state index in [-0.39, 0.29) is 12.1 Å². The summed E-state index contributed by atoms with van der Waals surface area (Å²) in [6.07, 6.45) is -3.82. The third kappa shape index (κ3) is 4.32. The van der Waals surface area contributed by atoms with Gasteiger partial charge in [-0.3, -0.25) is 0 Å². The molecule has 0 saturated heterocycles. The van der Waals surface area contributed by atoms with Crippen LogP contribution in [0.25, 0.3) is 11.3 Å². The SMILES string of the molecule is CSc1nc(CN)cc(-c2cnc(O[C@@H](C)C(F)(F)F)c(F)c2)n1. The molecule has 0 saturated carbocycles. The number of alkyl halides is 3. The molecule has 24 heavy (non-hydrogen) atoms. The summed E-state index contributed by atoms with van der Waals surface area (Å²) < 4.78 is 56.0. The van der Waals surface area contributed by atoms with Gasteiger partial charge in [0.15, 0.2) is 17.1 Å². The highest BCUT2D eigenvalue weighted by Gasteiger charge is 2.38. The average Bonchev–Trinajstić information content (AvgIpc) is 2.55. The molecule has 0 aliphatic heterocycles. The van der Waals surface area contributed by atoms with E-state index in [1.54, 1.807) is 12.3 Å². The molecule has 0 amide bonds. The minimum absolute atomic E-state index is 0.170. The highest BCUT2D eigenvalue weighted by molar-refractivity contribution is 7.98. The molecule has 2 rings (SSSR count). The number of rotatable bonds is 5. The van der Waals surface area contributed by atoms with Gasteiger partial charge in [0.25, 0.3) is 5.88 Å². The highest BCUT2D eigenvalue weighted by Crippen LogP contribution is 2.28. The molecular formula is C14H14F4N4OS. The van der Waals surface area contributed by atoms with Gasteiger partial charge in [-0.1, -0.05) is 11.8 Å². The molecule has 2 heterocycles. The van der Waals surface area contributed by atoms with Crippen molar-refractivity contribution < 1.29 is 22.3 Å². The second kappa shape index (κ2) is 7.31. The summed E-state index contributed by atoms with van der Waals surface area (Å²) in [5, 5.41) is 0.444. The van der Waals surface area contributed by atoms with Crippen molar-refractivity contribution in [3.8, 4) is 17.1 Å². The molecule has 0 aliphatic carbocycles. The van der Waals surface area contributed by atoms with Gasteiger partial charge in [0, 0.05) is 18.3 Å². The van der Waals surface area contributed by atoms with Crippen LogP contribution in [-0.4, -0.2) is 33.5 Å². The van der Waals surface area contributed by atoms with Crippen LogP contribution >= 0.6 is 11.8 Å². The first kappa shape index (κ1) is 18.4. The van der Waals surface area contributed by atoms with Crippen LogP contribution in [0.3, 0.4) is 0 Å². The molecule has 2 aromatic heterocycles. The highest BCUT2D eigenvalue weighted by atomic mass is 32.2. The third-order valence-corrected chi connectivity index (χ3v) is 3.55. The molecule has 0 spiro atoms. The minimum atomic E-state index is -4.61. The standard InChI is InChI=1S/C14H14F4N4OS/c1-7(14(16,17)18)23-12-10(15)3-8(6-20-12)11-4-9(5-19)21-13(22-11)24-2/h3-4,6-7H,5,19H2,1-2H3/t7-/m0/s1. The number of aromatic nitrogens is 3. The normalized spacial score (nSPS) is 13.0. The van der Waals surface area contributed by atoms with Gasteiger partial charge in [-0.25, -0.2) is 19.3 Å². The number of ether oxygens (including phenoxy) is 1. The number of hydrogen-bond donors (Lipinski definition) is 1. The number of thioether (sulfide) groups is 1. The smallest absolute Gasteiger partial charge is 0.425 e. The summed E-state index contributed by atoms with van der Waals surface area (Å²) in [6.45, 7) is 0.945. The van der Waals surface area contributed by atoms with Crippen LogP contribution in [0, 0.1) is 5.82 Å². The van der Waals surface area contributed by atoms with E-state index in [1.807, 2.05) is 0 Å². The molecule has 0 radical (unpaired) electrons. The van der Waals surface area contributed by atoms with Gasteiger partial charge in [0.1, 0.15) is 0 Å². The first-order valence-corrected chi connectivity index (χ1v) is 7.98. The number of nitrogens with two attached hydrogens (primary N) is 1. The average molecular weight is 362 g/mol. The topological polar surface area (TPSA) is 73.9 Å². The zero-order valence-electron chi connectivity index (χ0n) is 12.8. The molecule has 5 nitrogen and oxygen atoms in total. The van der Waals surface area contributed by atoms with Crippen molar-refractivity contribution >= 4 is 11.8 Å². The molecule has 0 aliphatic rings. The van der Waals surface area contributed by atoms with Crippen LogP contribution in [0.15, 0.2) is 23.5 Å².